The lowest BCUT2D eigenvalue weighted by Gasteiger charge is -2.44. The summed E-state index contributed by atoms with van der Waals surface area (Å²) in [4.78, 5) is 5.08. The number of fused-ring (bicyclic) bond motifs is 16. The van der Waals surface area contributed by atoms with Crippen molar-refractivity contribution in [1.82, 2.24) is 0 Å². The van der Waals surface area contributed by atoms with Crippen LogP contribution in [0.3, 0.4) is 0 Å². The maximum atomic E-state index is 2.54. The van der Waals surface area contributed by atoms with Crippen LogP contribution in [0.25, 0.3) is 54.9 Å². The van der Waals surface area contributed by atoms with E-state index < -0.39 is 0 Å². The number of hydrogen-bond acceptors (Lipinski definition) is 2. The van der Waals surface area contributed by atoms with E-state index in [2.05, 4.69) is 246 Å². The fourth-order valence-electron chi connectivity index (χ4n) is 12.5. The van der Waals surface area contributed by atoms with Crippen LogP contribution >= 0.6 is 0 Å². The third-order valence-corrected chi connectivity index (χ3v) is 15.2. The van der Waals surface area contributed by atoms with Crippen LogP contribution in [0.5, 0.6) is 0 Å². The van der Waals surface area contributed by atoms with Crippen molar-refractivity contribution < 1.29 is 0 Å². The van der Waals surface area contributed by atoms with E-state index in [1.54, 1.807) is 0 Å². The first-order chi connectivity index (χ1) is 32.7. The highest BCUT2D eigenvalue weighted by Gasteiger charge is 2.51. The summed E-state index contributed by atoms with van der Waals surface area (Å²) in [5.41, 5.74) is 23.8. The van der Waals surface area contributed by atoms with E-state index in [0.717, 1.165) is 11.4 Å². The third kappa shape index (κ3) is 4.71. The Kier molecular flexibility index (Phi) is 7.27. The van der Waals surface area contributed by atoms with Crippen LogP contribution in [0, 0.1) is 0 Å². The van der Waals surface area contributed by atoms with Gasteiger partial charge in [-0.05, 0) is 148 Å². The Morgan fingerprint density at radius 1 is 0.288 bits per heavy atom. The first kappa shape index (κ1) is 36.0. The van der Waals surface area contributed by atoms with E-state index >= 15 is 0 Å². The third-order valence-electron chi connectivity index (χ3n) is 15.2. The zero-order valence-corrected chi connectivity index (χ0v) is 36.0. The molecule has 304 valence electrons. The van der Waals surface area contributed by atoms with Crippen LogP contribution in [0.1, 0.15) is 22.3 Å². The van der Waals surface area contributed by atoms with Crippen molar-refractivity contribution in [3.63, 3.8) is 0 Å². The Morgan fingerprint density at radius 2 is 0.682 bits per heavy atom. The Hall–Kier alpha value is -8.40. The van der Waals surface area contributed by atoms with E-state index in [4.69, 9.17) is 0 Å². The summed E-state index contributed by atoms with van der Waals surface area (Å²) < 4.78 is 0. The number of hydrogen-bond donors (Lipinski definition) is 0. The molecule has 0 bridgehead atoms. The minimum atomic E-state index is -0.389. The van der Waals surface area contributed by atoms with Crippen molar-refractivity contribution in [2.75, 3.05) is 9.80 Å². The molecule has 3 heteroatoms. The molecule has 15 rings (SSSR count). The highest BCUT2D eigenvalue weighted by molar-refractivity contribution is 7.00. The molecule has 0 aromatic heterocycles. The SMILES string of the molecule is c1ccc(N2c3cc4ccccc4cc3B3c4cc5ccccc5cc4N(c4ccccc4)c4cc(-c5ccc6c(c5)-c5ccccc5C65c6ccccc6-c6ccccc65)cc2c43)cc1. The summed E-state index contributed by atoms with van der Waals surface area (Å²) in [5.74, 6) is 0. The quantitative estimate of drug-likeness (QED) is 0.164. The van der Waals surface area contributed by atoms with Crippen LogP contribution in [-0.2, 0) is 5.41 Å². The van der Waals surface area contributed by atoms with Gasteiger partial charge in [0.15, 0.2) is 0 Å². The van der Waals surface area contributed by atoms with Gasteiger partial charge in [-0.1, -0.05) is 182 Å². The summed E-state index contributed by atoms with van der Waals surface area (Å²) in [6.45, 7) is -0.00237. The fourth-order valence-corrected chi connectivity index (χ4v) is 12.5. The number of para-hydroxylation sites is 2. The molecule has 0 saturated carbocycles. The first-order valence-corrected chi connectivity index (χ1v) is 23.1. The van der Waals surface area contributed by atoms with Gasteiger partial charge >= 0.3 is 0 Å². The van der Waals surface area contributed by atoms with E-state index in [1.165, 1.54) is 116 Å². The van der Waals surface area contributed by atoms with Crippen molar-refractivity contribution in [1.29, 1.82) is 0 Å². The van der Waals surface area contributed by atoms with E-state index in [1.807, 2.05) is 0 Å². The molecule has 66 heavy (non-hydrogen) atoms. The first-order valence-electron chi connectivity index (χ1n) is 23.1. The second-order valence-corrected chi connectivity index (χ2v) is 18.4. The zero-order chi connectivity index (χ0) is 43.1. The monoisotopic (exact) mass is 834 g/mol. The summed E-state index contributed by atoms with van der Waals surface area (Å²) in [5, 5.41) is 4.97. The van der Waals surface area contributed by atoms with Crippen molar-refractivity contribution in [3.8, 4) is 33.4 Å². The van der Waals surface area contributed by atoms with E-state index in [9.17, 15) is 0 Å². The lowest BCUT2D eigenvalue weighted by molar-refractivity contribution is 0.794. The second kappa shape index (κ2) is 13.3. The number of rotatable bonds is 3. The topological polar surface area (TPSA) is 6.48 Å². The summed E-state index contributed by atoms with van der Waals surface area (Å²) in [6.07, 6.45) is 0. The smallest absolute Gasteiger partial charge is 0.252 e. The van der Waals surface area contributed by atoms with Gasteiger partial charge in [-0.15, -0.1) is 0 Å². The second-order valence-electron chi connectivity index (χ2n) is 18.4. The van der Waals surface area contributed by atoms with Crippen LogP contribution in [0.4, 0.5) is 34.1 Å². The van der Waals surface area contributed by atoms with Gasteiger partial charge in [-0.25, -0.2) is 0 Å². The highest BCUT2D eigenvalue weighted by atomic mass is 15.2. The highest BCUT2D eigenvalue weighted by Crippen LogP contribution is 2.63. The molecule has 1 spiro atoms. The van der Waals surface area contributed by atoms with Crippen molar-refractivity contribution in [2.45, 2.75) is 5.41 Å². The predicted octanol–water partition coefficient (Wildman–Crippen LogP) is 14.1. The minimum Gasteiger partial charge on any atom is -0.311 e. The van der Waals surface area contributed by atoms with Gasteiger partial charge in [0, 0.05) is 34.1 Å². The maximum absolute atomic E-state index is 2.54. The molecule has 4 aliphatic rings. The van der Waals surface area contributed by atoms with Gasteiger partial charge < -0.3 is 9.80 Å². The Morgan fingerprint density at radius 3 is 1.17 bits per heavy atom. The lowest BCUT2D eigenvalue weighted by Crippen LogP contribution is -2.61. The summed E-state index contributed by atoms with van der Waals surface area (Å²) in [7, 11) is 0. The van der Waals surface area contributed by atoms with Crippen molar-refractivity contribution >= 4 is 78.8 Å². The molecule has 2 aliphatic carbocycles. The number of benzene rings is 11. The van der Waals surface area contributed by atoms with Crippen LogP contribution in [0.2, 0.25) is 0 Å². The molecule has 0 saturated heterocycles. The zero-order valence-electron chi connectivity index (χ0n) is 36.0. The molecular weight excluding hydrogens is 796 g/mol. The molecule has 0 amide bonds. The van der Waals surface area contributed by atoms with Crippen LogP contribution in [0.15, 0.2) is 237 Å². The average Bonchev–Trinajstić information content (AvgIpc) is 3.85. The fraction of sp³-hybridized carbons (Fsp3) is 0.0159. The largest absolute Gasteiger partial charge is 0.311 e. The van der Waals surface area contributed by atoms with Crippen molar-refractivity contribution in [2.24, 2.45) is 0 Å². The van der Waals surface area contributed by atoms with Crippen molar-refractivity contribution in [3.05, 3.63) is 259 Å². The number of nitrogens with zero attached hydrogens (tertiary/aromatic N) is 2. The molecule has 0 N–H and O–H groups in total. The Labute approximate surface area is 384 Å². The predicted molar refractivity (Wildman–Crippen MR) is 277 cm³/mol. The average molecular weight is 835 g/mol. The van der Waals surface area contributed by atoms with Gasteiger partial charge in [-0.2, -0.15) is 0 Å². The summed E-state index contributed by atoms with van der Waals surface area (Å²) >= 11 is 0. The molecule has 0 fully saturated rings. The van der Waals surface area contributed by atoms with Gasteiger partial charge in [-0.3, -0.25) is 0 Å². The Balaban J connectivity index is 1.04. The Bertz CT molecular complexity index is 3660. The van der Waals surface area contributed by atoms with E-state index in [0.29, 0.717) is 0 Å². The maximum Gasteiger partial charge on any atom is 0.252 e. The molecule has 0 radical (unpaired) electrons. The molecule has 11 aromatic carbocycles. The summed E-state index contributed by atoms with van der Waals surface area (Å²) in [6, 6.07) is 89.1. The normalized spacial score (nSPS) is 14.1. The molecule has 2 nitrogen and oxygen atoms in total. The van der Waals surface area contributed by atoms with Gasteiger partial charge in [0.25, 0.3) is 6.71 Å². The molecule has 2 heterocycles. The molecule has 0 atom stereocenters. The standard InChI is InChI=1S/C63H39BN2/c1-3-21-46(22-4-1)65-58-36-42-19-9-7-17-40(42)34-56(58)64-57-35-41-18-8-10-20-43(41)37-59(57)66(47-23-5-2-6-24-47)61-39-45(38-60(65)62(61)64)44-31-32-55-51(33-44)50-27-13-16-30-54(50)63(55)52-28-14-11-25-48(52)49-26-12-15-29-53(49)63/h1-39H. The molecule has 2 aliphatic heterocycles. The lowest BCUT2D eigenvalue weighted by atomic mass is 9.33. The van der Waals surface area contributed by atoms with E-state index in [-0.39, 0.29) is 12.1 Å². The van der Waals surface area contributed by atoms with Gasteiger partial charge in [0.2, 0.25) is 0 Å². The molecule has 11 aromatic rings. The molecule has 0 unspecified atom stereocenters. The minimum absolute atomic E-state index is 0.00237. The van der Waals surface area contributed by atoms with Crippen LogP contribution in [-0.4, -0.2) is 6.71 Å². The van der Waals surface area contributed by atoms with Gasteiger partial charge in [0.05, 0.1) is 5.41 Å². The van der Waals surface area contributed by atoms with Gasteiger partial charge in [0.1, 0.15) is 0 Å². The molecular formula is C63H39BN2. The number of anilines is 6. The van der Waals surface area contributed by atoms with Crippen LogP contribution < -0.4 is 26.2 Å².